The molecule has 108 valence electrons. The van der Waals surface area contributed by atoms with Crippen molar-refractivity contribution in [2.75, 3.05) is 0 Å². The van der Waals surface area contributed by atoms with Gasteiger partial charge in [0.1, 0.15) is 6.10 Å². The highest BCUT2D eigenvalue weighted by atomic mass is 32.1. The zero-order chi connectivity index (χ0) is 14.5. The van der Waals surface area contributed by atoms with Gasteiger partial charge in [0.15, 0.2) is 0 Å². The fraction of sp³-hybridized carbons (Fsp3) is 0.400. The van der Waals surface area contributed by atoms with Crippen LogP contribution in [0.2, 0.25) is 0 Å². The Balaban J connectivity index is 1.91. The molecule has 3 nitrogen and oxygen atoms in total. The second kappa shape index (κ2) is 7.02. The van der Waals surface area contributed by atoms with Crippen LogP contribution < -0.4 is 5.32 Å². The van der Waals surface area contributed by atoms with E-state index in [1.54, 1.807) is 11.3 Å². The average molecular weight is 309 g/mol. The molecule has 1 unspecified atom stereocenters. The van der Waals surface area contributed by atoms with Crippen LogP contribution in [0, 0.1) is 5.92 Å². The topological polar surface area (TPSA) is 49.3 Å². The van der Waals surface area contributed by atoms with Gasteiger partial charge in [0, 0.05) is 16.2 Å². The highest BCUT2D eigenvalue weighted by molar-refractivity contribution is 7.12. The minimum Gasteiger partial charge on any atom is -0.383 e. The summed E-state index contributed by atoms with van der Waals surface area (Å²) in [5, 5.41) is 17.0. The van der Waals surface area contributed by atoms with E-state index in [0.29, 0.717) is 18.9 Å². The molecule has 1 atom stereocenters. The lowest BCUT2D eigenvalue weighted by Crippen LogP contribution is -2.23. The average Bonchev–Trinajstić information content (AvgIpc) is 3.06. The number of nitrogens with one attached hydrogen (secondary N) is 1. The number of carbonyl (C=O) groups is 1. The SMILES string of the molecule is CC(C)CC(=O)NCc1ccc(C(O)c2ccsc2)s1. The van der Waals surface area contributed by atoms with Gasteiger partial charge in [-0.3, -0.25) is 4.79 Å². The predicted molar refractivity (Wildman–Crippen MR) is 84.0 cm³/mol. The predicted octanol–water partition coefficient (Wildman–Crippen LogP) is 3.55. The summed E-state index contributed by atoms with van der Waals surface area (Å²) in [6.45, 7) is 4.59. The summed E-state index contributed by atoms with van der Waals surface area (Å²) < 4.78 is 0. The van der Waals surface area contributed by atoms with Gasteiger partial charge < -0.3 is 10.4 Å². The number of hydrogen-bond acceptors (Lipinski definition) is 4. The highest BCUT2D eigenvalue weighted by Gasteiger charge is 2.13. The van der Waals surface area contributed by atoms with Crippen LogP contribution in [0.15, 0.2) is 29.0 Å². The van der Waals surface area contributed by atoms with Crippen LogP contribution in [0.25, 0.3) is 0 Å². The molecule has 0 bridgehead atoms. The van der Waals surface area contributed by atoms with Crippen molar-refractivity contribution in [3.8, 4) is 0 Å². The van der Waals surface area contributed by atoms with E-state index in [9.17, 15) is 9.90 Å². The molecule has 2 N–H and O–H groups in total. The molecule has 2 aromatic heterocycles. The first kappa shape index (κ1) is 15.2. The Morgan fingerprint density at radius 3 is 2.80 bits per heavy atom. The summed E-state index contributed by atoms with van der Waals surface area (Å²) in [6, 6.07) is 5.82. The van der Waals surface area contributed by atoms with Gasteiger partial charge in [-0.25, -0.2) is 0 Å². The first-order chi connectivity index (χ1) is 9.56. The maximum absolute atomic E-state index is 11.6. The Bertz CT molecular complexity index is 546. The zero-order valence-electron chi connectivity index (χ0n) is 11.6. The minimum absolute atomic E-state index is 0.0772. The molecule has 0 spiro atoms. The van der Waals surface area contributed by atoms with Crippen LogP contribution in [-0.2, 0) is 11.3 Å². The molecule has 2 rings (SSSR count). The molecule has 0 saturated heterocycles. The molecule has 0 radical (unpaired) electrons. The molecular weight excluding hydrogens is 290 g/mol. The van der Waals surface area contributed by atoms with Crippen LogP contribution in [0.5, 0.6) is 0 Å². The summed E-state index contributed by atoms with van der Waals surface area (Å²) in [4.78, 5) is 13.6. The number of thiophene rings is 2. The maximum atomic E-state index is 11.6. The normalized spacial score (nSPS) is 12.6. The Hall–Kier alpha value is -1.17. The van der Waals surface area contributed by atoms with E-state index in [1.165, 1.54) is 11.3 Å². The Kier molecular flexibility index (Phi) is 5.34. The van der Waals surface area contributed by atoms with Gasteiger partial charge in [-0.15, -0.1) is 11.3 Å². The van der Waals surface area contributed by atoms with Gasteiger partial charge in [-0.1, -0.05) is 13.8 Å². The quantitative estimate of drug-likeness (QED) is 0.857. The smallest absolute Gasteiger partial charge is 0.220 e. The summed E-state index contributed by atoms with van der Waals surface area (Å²) >= 11 is 3.12. The van der Waals surface area contributed by atoms with Crippen LogP contribution in [0.3, 0.4) is 0 Å². The van der Waals surface area contributed by atoms with E-state index in [2.05, 4.69) is 5.32 Å². The summed E-state index contributed by atoms with van der Waals surface area (Å²) in [5.41, 5.74) is 0.923. The second-order valence-corrected chi connectivity index (χ2v) is 7.12. The summed E-state index contributed by atoms with van der Waals surface area (Å²) in [7, 11) is 0. The molecule has 0 saturated carbocycles. The van der Waals surface area contributed by atoms with Crippen molar-refractivity contribution in [1.29, 1.82) is 0 Å². The molecule has 0 aromatic carbocycles. The first-order valence-electron chi connectivity index (χ1n) is 6.61. The third kappa shape index (κ3) is 4.16. The molecule has 20 heavy (non-hydrogen) atoms. The number of amides is 1. The Labute approximate surface area is 127 Å². The van der Waals surface area contributed by atoms with Crippen molar-refractivity contribution in [1.82, 2.24) is 5.32 Å². The van der Waals surface area contributed by atoms with E-state index in [4.69, 9.17) is 0 Å². The van der Waals surface area contributed by atoms with Gasteiger partial charge in [0.25, 0.3) is 0 Å². The Morgan fingerprint density at radius 2 is 2.15 bits per heavy atom. The fourth-order valence-electron chi connectivity index (χ4n) is 1.86. The monoisotopic (exact) mass is 309 g/mol. The van der Waals surface area contributed by atoms with Crippen LogP contribution in [0.4, 0.5) is 0 Å². The number of carbonyl (C=O) groups excluding carboxylic acids is 1. The Morgan fingerprint density at radius 1 is 1.35 bits per heavy atom. The van der Waals surface area contributed by atoms with Crippen molar-refractivity contribution in [2.24, 2.45) is 5.92 Å². The lowest BCUT2D eigenvalue weighted by atomic mass is 10.1. The van der Waals surface area contributed by atoms with Gasteiger partial charge >= 0.3 is 0 Å². The van der Waals surface area contributed by atoms with E-state index >= 15 is 0 Å². The van der Waals surface area contributed by atoms with Gasteiger partial charge in [-0.05, 0) is 40.4 Å². The molecule has 2 aromatic rings. The molecule has 0 fully saturated rings. The molecule has 2 heterocycles. The number of aliphatic hydroxyl groups excluding tert-OH is 1. The fourth-order valence-corrected chi connectivity index (χ4v) is 3.51. The van der Waals surface area contributed by atoms with E-state index in [-0.39, 0.29) is 5.91 Å². The highest BCUT2D eigenvalue weighted by Crippen LogP contribution is 2.29. The lowest BCUT2D eigenvalue weighted by molar-refractivity contribution is -0.121. The van der Waals surface area contributed by atoms with E-state index in [0.717, 1.165) is 15.3 Å². The second-order valence-electron chi connectivity index (χ2n) is 5.14. The zero-order valence-corrected chi connectivity index (χ0v) is 13.3. The van der Waals surface area contributed by atoms with Crippen molar-refractivity contribution in [3.63, 3.8) is 0 Å². The number of hydrogen-bond donors (Lipinski definition) is 2. The minimum atomic E-state index is -0.564. The molecular formula is C15H19NO2S2. The van der Waals surface area contributed by atoms with Crippen molar-refractivity contribution in [2.45, 2.75) is 32.9 Å². The summed E-state index contributed by atoms with van der Waals surface area (Å²) in [6.07, 6.45) is -0.0122. The molecule has 1 amide bonds. The molecule has 5 heteroatoms. The van der Waals surface area contributed by atoms with Crippen LogP contribution >= 0.6 is 22.7 Å². The summed E-state index contributed by atoms with van der Waals surface area (Å²) in [5.74, 6) is 0.447. The molecule has 0 aliphatic rings. The van der Waals surface area contributed by atoms with Gasteiger partial charge in [0.05, 0.1) is 6.54 Å². The van der Waals surface area contributed by atoms with Gasteiger partial charge in [-0.2, -0.15) is 11.3 Å². The van der Waals surface area contributed by atoms with Crippen molar-refractivity contribution in [3.05, 3.63) is 44.3 Å². The van der Waals surface area contributed by atoms with E-state index < -0.39 is 6.10 Å². The third-order valence-corrected chi connectivity index (χ3v) is 4.70. The van der Waals surface area contributed by atoms with Crippen molar-refractivity contribution >= 4 is 28.6 Å². The number of aliphatic hydroxyl groups is 1. The van der Waals surface area contributed by atoms with Crippen LogP contribution in [-0.4, -0.2) is 11.0 Å². The van der Waals surface area contributed by atoms with Crippen molar-refractivity contribution < 1.29 is 9.90 Å². The van der Waals surface area contributed by atoms with E-state index in [1.807, 2.05) is 42.8 Å². The third-order valence-electron chi connectivity index (χ3n) is 2.86. The molecule has 0 aliphatic heterocycles. The lowest BCUT2D eigenvalue weighted by Gasteiger charge is -2.06. The van der Waals surface area contributed by atoms with Crippen LogP contribution in [0.1, 0.15) is 41.7 Å². The van der Waals surface area contributed by atoms with Gasteiger partial charge in [0.2, 0.25) is 5.91 Å². The number of rotatable bonds is 6. The standard InChI is InChI=1S/C15H19NO2S2/c1-10(2)7-14(17)16-8-12-3-4-13(20-12)15(18)11-5-6-19-9-11/h3-6,9-10,15,18H,7-8H2,1-2H3,(H,16,17). The largest absolute Gasteiger partial charge is 0.383 e. The molecule has 0 aliphatic carbocycles. The first-order valence-corrected chi connectivity index (χ1v) is 8.37. The maximum Gasteiger partial charge on any atom is 0.220 e.